The fourth-order valence-electron chi connectivity index (χ4n) is 3.37. The van der Waals surface area contributed by atoms with E-state index in [1.54, 1.807) is 34.7 Å². The molecular weight excluding hydrogens is 439 g/mol. The molecule has 3 rings (SSSR count). The van der Waals surface area contributed by atoms with Crippen molar-refractivity contribution in [1.29, 1.82) is 0 Å². The fraction of sp³-hybridized carbons (Fsp3) is 0.421. The number of carbonyl (C=O) groups is 2. The number of nitrogens with two attached hydrogens (primary N) is 1. The largest absolute Gasteiger partial charge is 0.461 e. The molecule has 10 heteroatoms. The van der Waals surface area contributed by atoms with Crippen LogP contribution in [0.3, 0.4) is 0 Å². The van der Waals surface area contributed by atoms with Gasteiger partial charge in [0, 0.05) is 30.1 Å². The molecule has 0 saturated heterocycles. The molecule has 158 valence electrons. The molecule has 1 aliphatic rings. The van der Waals surface area contributed by atoms with Gasteiger partial charge in [-0.05, 0) is 32.0 Å². The Morgan fingerprint density at radius 3 is 2.66 bits per heavy atom. The maximum absolute atomic E-state index is 13.1. The normalized spacial score (nSPS) is 15.5. The molecule has 0 unspecified atom stereocenters. The first-order valence-electron chi connectivity index (χ1n) is 9.09. The van der Waals surface area contributed by atoms with Crippen molar-refractivity contribution in [3.8, 4) is 0 Å². The number of aromatic nitrogens is 2. The Labute approximate surface area is 185 Å². The van der Waals surface area contributed by atoms with Crippen molar-refractivity contribution in [2.24, 2.45) is 5.73 Å². The number of hydrogen-bond donors (Lipinski definition) is 1. The van der Waals surface area contributed by atoms with E-state index in [-0.39, 0.29) is 37.5 Å². The second-order valence-electron chi connectivity index (χ2n) is 6.62. The van der Waals surface area contributed by atoms with E-state index >= 15 is 0 Å². The lowest BCUT2D eigenvalue weighted by Crippen LogP contribution is -2.42. The number of rotatable bonds is 5. The Balaban J connectivity index is 0.00000300. The molecule has 7 nitrogen and oxygen atoms in total. The monoisotopic (exact) mass is 460 g/mol. The highest BCUT2D eigenvalue weighted by molar-refractivity contribution is 6.42. The first kappa shape index (κ1) is 23.5. The molecule has 0 spiro atoms. The van der Waals surface area contributed by atoms with Crippen molar-refractivity contribution in [1.82, 2.24) is 14.7 Å². The minimum Gasteiger partial charge on any atom is -0.461 e. The van der Waals surface area contributed by atoms with Crippen LogP contribution in [0.2, 0.25) is 10.0 Å². The van der Waals surface area contributed by atoms with Crippen LogP contribution in [-0.4, -0.2) is 45.8 Å². The quantitative estimate of drug-likeness (QED) is 0.690. The van der Waals surface area contributed by atoms with Crippen molar-refractivity contribution >= 4 is 47.5 Å². The number of benzene rings is 1. The van der Waals surface area contributed by atoms with Gasteiger partial charge in [-0.3, -0.25) is 9.48 Å². The van der Waals surface area contributed by atoms with Gasteiger partial charge in [0.1, 0.15) is 0 Å². The third-order valence-corrected chi connectivity index (χ3v) is 5.46. The van der Waals surface area contributed by atoms with Crippen LogP contribution in [0.15, 0.2) is 18.2 Å². The van der Waals surface area contributed by atoms with Crippen molar-refractivity contribution in [2.45, 2.75) is 39.4 Å². The van der Waals surface area contributed by atoms with Gasteiger partial charge < -0.3 is 15.4 Å². The zero-order chi connectivity index (χ0) is 20.4. The van der Waals surface area contributed by atoms with Gasteiger partial charge in [-0.25, -0.2) is 4.79 Å². The molecule has 1 atom stereocenters. The van der Waals surface area contributed by atoms with Gasteiger partial charge in [0.05, 0.1) is 35.4 Å². The summed E-state index contributed by atoms with van der Waals surface area (Å²) in [5.41, 5.74) is 7.97. The highest BCUT2D eigenvalue weighted by Crippen LogP contribution is 2.29. The predicted octanol–water partition coefficient (Wildman–Crippen LogP) is 3.33. The van der Waals surface area contributed by atoms with E-state index in [1.807, 2.05) is 6.92 Å². The van der Waals surface area contributed by atoms with Gasteiger partial charge >= 0.3 is 5.97 Å². The topological polar surface area (TPSA) is 90.4 Å². The molecule has 1 aliphatic heterocycles. The molecule has 1 aromatic heterocycles. The lowest BCUT2D eigenvalue weighted by atomic mass is 9.98. The van der Waals surface area contributed by atoms with Gasteiger partial charge in [0.2, 0.25) is 0 Å². The number of fused-ring (bicyclic) bond motifs is 1. The lowest BCUT2D eigenvalue weighted by Gasteiger charge is -2.33. The molecule has 1 aromatic carbocycles. The summed E-state index contributed by atoms with van der Waals surface area (Å²) in [6, 6.07) is 4.70. The van der Waals surface area contributed by atoms with E-state index < -0.39 is 5.97 Å². The van der Waals surface area contributed by atoms with Crippen LogP contribution in [-0.2, 0) is 24.2 Å². The van der Waals surface area contributed by atoms with Crippen LogP contribution < -0.4 is 5.73 Å². The second kappa shape index (κ2) is 9.80. The summed E-state index contributed by atoms with van der Waals surface area (Å²) >= 11 is 12.0. The number of carbonyl (C=O) groups excluding carboxylic acids is 2. The molecule has 2 aromatic rings. The fourth-order valence-corrected chi connectivity index (χ4v) is 3.67. The minimum atomic E-state index is -0.457. The Morgan fingerprint density at radius 2 is 2.03 bits per heavy atom. The highest BCUT2D eigenvalue weighted by Gasteiger charge is 2.34. The summed E-state index contributed by atoms with van der Waals surface area (Å²) in [5.74, 6) is -0.640. The second-order valence-corrected chi connectivity index (χ2v) is 7.44. The van der Waals surface area contributed by atoms with E-state index in [2.05, 4.69) is 5.10 Å². The molecule has 0 aliphatic carbocycles. The Hall–Kier alpha value is -1.80. The Kier molecular flexibility index (Phi) is 7.94. The Morgan fingerprint density at radius 1 is 1.31 bits per heavy atom. The van der Waals surface area contributed by atoms with Gasteiger partial charge in [-0.1, -0.05) is 23.2 Å². The minimum absolute atomic E-state index is 0. The van der Waals surface area contributed by atoms with Gasteiger partial charge in [-0.2, -0.15) is 5.10 Å². The SMILES string of the molecule is CCOC(=O)c1c2c(nn1CCN)C[C@@H](C)N(C(=O)c1ccc(Cl)c(Cl)c1)C2.Cl. The maximum Gasteiger partial charge on any atom is 0.356 e. The predicted molar refractivity (Wildman–Crippen MR) is 114 cm³/mol. The summed E-state index contributed by atoms with van der Waals surface area (Å²) in [5, 5.41) is 5.25. The standard InChI is InChI=1S/C19H22Cl2N4O3.ClH/c1-3-28-19(27)17-13-10-24(11(2)8-16(13)23-25(17)7-6-22)18(26)12-4-5-14(20)15(21)9-12;/h4-5,9,11H,3,6-8,10,22H2,1-2H3;1H/t11-;/m1./s1. The van der Waals surface area contributed by atoms with Crippen molar-refractivity contribution in [3.05, 3.63) is 50.8 Å². The Bertz CT molecular complexity index is 916. The van der Waals surface area contributed by atoms with Crippen LogP contribution in [0.5, 0.6) is 0 Å². The number of hydrogen-bond acceptors (Lipinski definition) is 5. The molecule has 2 heterocycles. The first-order valence-corrected chi connectivity index (χ1v) is 9.84. The van der Waals surface area contributed by atoms with E-state index in [0.717, 1.165) is 5.69 Å². The zero-order valence-electron chi connectivity index (χ0n) is 16.2. The number of halogens is 3. The van der Waals surface area contributed by atoms with E-state index in [1.165, 1.54) is 0 Å². The van der Waals surface area contributed by atoms with Crippen molar-refractivity contribution in [3.63, 3.8) is 0 Å². The smallest absolute Gasteiger partial charge is 0.356 e. The number of ether oxygens (including phenoxy) is 1. The third-order valence-electron chi connectivity index (χ3n) is 4.72. The van der Waals surface area contributed by atoms with E-state index in [4.69, 9.17) is 33.7 Å². The summed E-state index contributed by atoms with van der Waals surface area (Å²) in [4.78, 5) is 27.3. The third kappa shape index (κ3) is 4.69. The highest BCUT2D eigenvalue weighted by atomic mass is 35.5. The number of amides is 1. The van der Waals surface area contributed by atoms with Gasteiger partial charge in [0.15, 0.2) is 5.69 Å². The summed E-state index contributed by atoms with van der Waals surface area (Å²) in [6.07, 6.45) is 0.534. The molecule has 0 radical (unpaired) electrons. The van der Waals surface area contributed by atoms with Gasteiger partial charge in [0.25, 0.3) is 5.91 Å². The molecule has 2 N–H and O–H groups in total. The van der Waals surface area contributed by atoms with Crippen LogP contribution in [0, 0.1) is 0 Å². The molecule has 0 saturated carbocycles. The van der Waals surface area contributed by atoms with Crippen LogP contribution in [0.4, 0.5) is 0 Å². The maximum atomic E-state index is 13.1. The van der Waals surface area contributed by atoms with E-state index in [0.29, 0.717) is 46.4 Å². The molecular formula is C19H23Cl3N4O3. The molecule has 1 amide bonds. The average molecular weight is 462 g/mol. The number of nitrogens with zero attached hydrogens (tertiary/aromatic N) is 3. The first-order chi connectivity index (χ1) is 13.4. The lowest BCUT2D eigenvalue weighted by molar-refractivity contribution is 0.0502. The van der Waals surface area contributed by atoms with Crippen molar-refractivity contribution in [2.75, 3.05) is 13.2 Å². The van der Waals surface area contributed by atoms with Crippen LogP contribution in [0.25, 0.3) is 0 Å². The molecule has 0 bridgehead atoms. The van der Waals surface area contributed by atoms with Gasteiger partial charge in [-0.15, -0.1) is 12.4 Å². The summed E-state index contributed by atoms with van der Waals surface area (Å²) in [7, 11) is 0. The van der Waals surface area contributed by atoms with Crippen LogP contribution in [0.1, 0.15) is 46.0 Å². The van der Waals surface area contributed by atoms with Crippen LogP contribution >= 0.6 is 35.6 Å². The zero-order valence-corrected chi connectivity index (χ0v) is 18.5. The van der Waals surface area contributed by atoms with Crippen molar-refractivity contribution < 1.29 is 14.3 Å². The molecule has 0 fully saturated rings. The summed E-state index contributed by atoms with van der Waals surface area (Å²) < 4.78 is 6.79. The van der Waals surface area contributed by atoms with E-state index in [9.17, 15) is 9.59 Å². The average Bonchev–Trinajstić information content (AvgIpc) is 3.00. The summed E-state index contributed by atoms with van der Waals surface area (Å²) in [6.45, 7) is 4.95. The number of esters is 1. The molecule has 29 heavy (non-hydrogen) atoms.